The van der Waals surface area contributed by atoms with Gasteiger partial charge >= 0.3 is 0 Å². The molecule has 13 heavy (non-hydrogen) atoms. The average molecular weight is 260 g/mol. The standard InChI is InChI=1S/C10H8BrClO/c11-9-5-4-8(10(12)7-9)3-1-2-6-13/h4-5,7,13H,2,6H2. The summed E-state index contributed by atoms with van der Waals surface area (Å²) in [6, 6.07) is 5.52. The van der Waals surface area contributed by atoms with Crippen LogP contribution in [0.3, 0.4) is 0 Å². The second-order valence-electron chi connectivity index (χ2n) is 2.40. The summed E-state index contributed by atoms with van der Waals surface area (Å²) < 4.78 is 0.935. The van der Waals surface area contributed by atoms with Gasteiger partial charge in [0.2, 0.25) is 0 Å². The minimum absolute atomic E-state index is 0.0845. The van der Waals surface area contributed by atoms with Crippen LogP contribution < -0.4 is 0 Å². The van der Waals surface area contributed by atoms with Crippen molar-refractivity contribution in [3.05, 3.63) is 33.3 Å². The summed E-state index contributed by atoms with van der Waals surface area (Å²) >= 11 is 9.22. The highest BCUT2D eigenvalue weighted by Crippen LogP contribution is 2.20. The molecule has 1 N–H and O–H groups in total. The van der Waals surface area contributed by atoms with Crippen LogP contribution in [0.25, 0.3) is 0 Å². The lowest BCUT2D eigenvalue weighted by Gasteiger charge is -1.95. The highest BCUT2D eigenvalue weighted by atomic mass is 79.9. The van der Waals surface area contributed by atoms with Crippen molar-refractivity contribution >= 4 is 27.5 Å². The van der Waals surface area contributed by atoms with Crippen LogP contribution in [0.1, 0.15) is 12.0 Å². The summed E-state index contributed by atoms with van der Waals surface area (Å²) in [4.78, 5) is 0. The van der Waals surface area contributed by atoms with Gasteiger partial charge in [-0.15, -0.1) is 0 Å². The minimum Gasteiger partial charge on any atom is -0.395 e. The maximum atomic E-state index is 8.51. The van der Waals surface area contributed by atoms with E-state index < -0.39 is 0 Å². The Bertz CT molecular complexity index is 352. The zero-order chi connectivity index (χ0) is 9.68. The van der Waals surface area contributed by atoms with Crippen LogP contribution in [-0.2, 0) is 0 Å². The lowest BCUT2D eigenvalue weighted by molar-refractivity contribution is 0.305. The molecule has 3 heteroatoms. The van der Waals surface area contributed by atoms with Gasteiger partial charge in [0.1, 0.15) is 0 Å². The van der Waals surface area contributed by atoms with Crippen molar-refractivity contribution in [1.82, 2.24) is 0 Å². The Morgan fingerprint density at radius 2 is 2.23 bits per heavy atom. The van der Waals surface area contributed by atoms with Gasteiger partial charge in [0.25, 0.3) is 0 Å². The first-order valence-corrected chi connectivity index (χ1v) is 4.96. The molecule has 0 aromatic heterocycles. The second kappa shape index (κ2) is 5.29. The van der Waals surface area contributed by atoms with Crippen LogP contribution in [-0.4, -0.2) is 11.7 Å². The van der Waals surface area contributed by atoms with E-state index in [0.29, 0.717) is 11.4 Å². The number of aliphatic hydroxyl groups excluding tert-OH is 1. The van der Waals surface area contributed by atoms with Gasteiger partial charge in [0.05, 0.1) is 11.6 Å². The van der Waals surface area contributed by atoms with Crippen molar-refractivity contribution in [2.24, 2.45) is 0 Å². The largest absolute Gasteiger partial charge is 0.395 e. The molecule has 0 spiro atoms. The fraction of sp³-hybridized carbons (Fsp3) is 0.200. The third-order valence-corrected chi connectivity index (χ3v) is 2.20. The van der Waals surface area contributed by atoms with Crippen LogP contribution >= 0.6 is 27.5 Å². The number of hydrogen-bond acceptors (Lipinski definition) is 1. The number of aliphatic hydroxyl groups is 1. The van der Waals surface area contributed by atoms with E-state index in [-0.39, 0.29) is 6.61 Å². The van der Waals surface area contributed by atoms with Crippen LogP contribution in [0.5, 0.6) is 0 Å². The highest BCUT2D eigenvalue weighted by Gasteiger charge is 1.96. The molecular formula is C10H8BrClO. The fourth-order valence-electron chi connectivity index (χ4n) is 0.804. The Labute approximate surface area is 90.9 Å². The predicted molar refractivity (Wildman–Crippen MR) is 57.7 cm³/mol. The average Bonchev–Trinajstić information content (AvgIpc) is 2.09. The van der Waals surface area contributed by atoms with Gasteiger partial charge in [-0.2, -0.15) is 0 Å². The number of hydrogen-bond donors (Lipinski definition) is 1. The fourth-order valence-corrected chi connectivity index (χ4v) is 1.53. The topological polar surface area (TPSA) is 20.2 Å². The van der Waals surface area contributed by atoms with E-state index in [2.05, 4.69) is 27.8 Å². The Hall–Kier alpha value is -0.490. The van der Waals surface area contributed by atoms with Gasteiger partial charge in [-0.05, 0) is 18.2 Å². The predicted octanol–water partition coefficient (Wildman–Crippen LogP) is 2.84. The molecule has 0 aliphatic heterocycles. The van der Waals surface area contributed by atoms with Gasteiger partial charge in [0.15, 0.2) is 0 Å². The molecule has 0 amide bonds. The molecule has 0 aliphatic rings. The van der Waals surface area contributed by atoms with E-state index in [1.54, 1.807) is 6.07 Å². The quantitative estimate of drug-likeness (QED) is 0.769. The second-order valence-corrected chi connectivity index (χ2v) is 3.72. The van der Waals surface area contributed by atoms with E-state index in [1.165, 1.54) is 0 Å². The van der Waals surface area contributed by atoms with Crippen LogP contribution in [0, 0.1) is 11.8 Å². The first-order chi connectivity index (χ1) is 6.24. The first-order valence-electron chi connectivity index (χ1n) is 3.79. The maximum absolute atomic E-state index is 8.51. The lowest BCUT2D eigenvalue weighted by atomic mass is 10.2. The van der Waals surface area contributed by atoms with Crippen molar-refractivity contribution < 1.29 is 5.11 Å². The molecule has 68 valence electrons. The molecule has 0 atom stereocenters. The molecule has 0 radical (unpaired) electrons. The smallest absolute Gasteiger partial charge is 0.0573 e. The molecule has 1 rings (SSSR count). The molecule has 0 unspecified atom stereocenters. The summed E-state index contributed by atoms with van der Waals surface area (Å²) in [7, 11) is 0. The Balaban J connectivity index is 2.85. The van der Waals surface area contributed by atoms with Crippen molar-refractivity contribution in [2.45, 2.75) is 6.42 Å². The lowest BCUT2D eigenvalue weighted by Crippen LogP contribution is -1.79. The highest BCUT2D eigenvalue weighted by molar-refractivity contribution is 9.10. The van der Waals surface area contributed by atoms with Crippen molar-refractivity contribution in [1.29, 1.82) is 0 Å². The summed E-state index contributed by atoms with van der Waals surface area (Å²) in [5, 5.41) is 9.14. The molecule has 1 aromatic carbocycles. The van der Waals surface area contributed by atoms with Gasteiger partial charge in [-0.25, -0.2) is 0 Å². The van der Waals surface area contributed by atoms with E-state index in [1.807, 2.05) is 12.1 Å². The molecule has 0 fully saturated rings. The zero-order valence-electron chi connectivity index (χ0n) is 6.85. The Morgan fingerprint density at radius 3 is 2.85 bits per heavy atom. The zero-order valence-corrected chi connectivity index (χ0v) is 9.19. The minimum atomic E-state index is 0.0845. The van der Waals surface area contributed by atoms with Crippen LogP contribution in [0.2, 0.25) is 5.02 Å². The number of halogens is 2. The summed E-state index contributed by atoms with van der Waals surface area (Å²) in [5.74, 6) is 5.69. The summed E-state index contributed by atoms with van der Waals surface area (Å²) in [6.07, 6.45) is 0.479. The molecule has 0 aliphatic carbocycles. The molecule has 0 heterocycles. The van der Waals surface area contributed by atoms with Crippen LogP contribution in [0.15, 0.2) is 22.7 Å². The third kappa shape index (κ3) is 3.40. The maximum Gasteiger partial charge on any atom is 0.0573 e. The molecule has 0 saturated carbocycles. The number of benzene rings is 1. The van der Waals surface area contributed by atoms with Crippen LogP contribution in [0.4, 0.5) is 0 Å². The molecule has 1 nitrogen and oxygen atoms in total. The van der Waals surface area contributed by atoms with E-state index >= 15 is 0 Å². The summed E-state index contributed by atoms with van der Waals surface area (Å²) in [6.45, 7) is 0.0845. The molecular weight excluding hydrogens is 251 g/mol. The van der Waals surface area contributed by atoms with Gasteiger partial charge in [0, 0.05) is 16.5 Å². The van der Waals surface area contributed by atoms with E-state index in [0.717, 1.165) is 10.0 Å². The molecule has 0 bridgehead atoms. The summed E-state index contributed by atoms with van der Waals surface area (Å²) in [5.41, 5.74) is 0.790. The number of rotatable bonds is 1. The Kier molecular flexibility index (Phi) is 4.31. The van der Waals surface area contributed by atoms with Crippen molar-refractivity contribution in [3.63, 3.8) is 0 Å². The van der Waals surface area contributed by atoms with Gasteiger partial charge < -0.3 is 5.11 Å². The molecule has 0 saturated heterocycles. The van der Waals surface area contributed by atoms with E-state index in [9.17, 15) is 0 Å². The first kappa shape index (κ1) is 10.6. The van der Waals surface area contributed by atoms with Crippen molar-refractivity contribution in [3.8, 4) is 11.8 Å². The van der Waals surface area contributed by atoms with E-state index in [4.69, 9.17) is 16.7 Å². The Morgan fingerprint density at radius 1 is 1.46 bits per heavy atom. The van der Waals surface area contributed by atoms with Crippen molar-refractivity contribution in [2.75, 3.05) is 6.61 Å². The van der Waals surface area contributed by atoms with Gasteiger partial charge in [-0.1, -0.05) is 39.4 Å². The van der Waals surface area contributed by atoms with Gasteiger partial charge in [-0.3, -0.25) is 0 Å². The third-order valence-electron chi connectivity index (χ3n) is 1.39. The normalized spacial score (nSPS) is 9.15. The SMILES string of the molecule is OCCC#Cc1ccc(Br)cc1Cl. The monoisotopic (exact) mass is 258 g/mol. The molecule has 1 aromatic rings.